The van der Waals surface area contributed by atoms with E-state index < -0.39 is 0 Å². The zero-order valence-electron chi connectivity index (χ0n) is 19.6. The summed E-state index contributed by atoms with van der Waals surface area (Å²) in [5, 5.41) is 3.71. The number of allylic oxidation sites excluding steroid dienone is 1. The summed E-state index contributed by atoms with van der Waals surface area (Å²) in [7, 11) is 0. The lowest BCUT2D eigenvalue weighted by Gasteiger charge is -2.41. The molecule has 36 heavy (non-hydrogen) atoms. The fraction of sp³-hybridized carbons (Fsp3) is 0.167. The Morgan fingerprint density at radius 1 is 0.917 bits per heavy atom. The Kier molecular flexibility index (Phi) is 6.06. The van der Waals surface area contributed by atoms with Gasteiger partial charge in [-0.2, -0.15) is 0 Å². The Balaban J connectivity index is 1.50. The molecule has 0 saturated carbocycles. The van der Waals surface area contributed by atoms with Gasteiger partial charge in [0, 0.05) is 10.4 Å². The molecule has 0 spiro atoms. The van der Waals surface area contributed by atoms with Gasteiger partial charge >= 0.3 is 0 Å². The molecular formula is C30H23ClF2N2S. The molecule has 0 bridgehead atoms. The minimum absolute atomic E-state index is 0.107. The number of amidine groups is 1. The van der Waals surface area contributed by atoms with Crippen LogP contribution >= 0.6 is 23.4 Å². The predicted octanol–water partition coefficient (Wildman–Crippen LogP) is 8.84. The van der Waals surface area contributed by atoms with E-state index in [-0.39, 0.29) is 17.7 Å². The van der Waals surface area contributed by atoms with Crippen molar-refractivity contribution < 1.29 is 8.78 Å². The van der Waals surface area contributed by atoms with Crippen molar-refractivity contribution in [2.75, 3.05) is 0 Å². The molecule has 0 N–H and O–H groups in total. The summed E-state index contributed by atoms with van der Waals surface area (Å²) in [6.45, 7) is 2.25. The van der Waals surface area contributed by atoms with Crippen molar-refractivity contribution in [2.45, 2.75) is 25.8 Å². The minimum atomic E-state index is -0.254. The van der Waals surface area contributed by atoms with E-state index >= 15 is 0 Å². The summed E-state index contributed by atoms with van der Waals surface area (Å²) >= 11 is 7.76. The first-order valence-electron chi connectivity index (χ1n) is 11.9. The molecule has 2 nitrogen and oxygen atoms in total. The van der Waals surface area contributed by atoms with E-state index in [0.717, 1.165) is 51.7 Å². The normalized spacial score (nSPS) is 22.3. The number of nitrogens with zero attached hydrogens (tertiary/aromatic N) is 2. The summed E-state index contributed by atoms with van der Waals surface area (Å²) in [5.41, 5.74) is 7.45. The highest BCUT2D eigenvalue weighted by molar-refractivity contribution is 8.16. The van der Waals surface area contributed by atoms with Crippen LogP contribution in [-0.4, -0.2) is 10.1 Å². The van der Waals surface area contributed by atoms with Crippen LogP contribution in [0.5, 0.6) is 0 Å². The molecule has 1 aliphatic carbocycles. The third-order valence-corrected chi connectivity index (χ3v) is 7.91. The SMILES string of the molecule is C[C@@H]1CC2=C(N=C3SC=C(c4ccc(Cl)cc4)N3[C@@H]2c2ccc(F)cc2)/C(=C/c2ccc(F)cc2)C1. The fourth-order valence-electron chi connectivity index (χ4n) is 5.22. The number of hydrogen-bond acceptors (Lipinski definition) is 3. The second-order valence-electron chi connectivity index (χ2n) is 9.45. The van der Waals surface area contributed by atoms with Gasteiger partial charge in [-0.15, -0.1) is 0 Å². The number of rotatable bonds is 3. The average molecular weight is 517 g/mol. The molecule has 3 aromatic rings. The van der Waals surface area contributed by atoms with E-state index in [1.807, 2.05) is 36.4 Å². The van der Waals surface area contributed by atoms with Gasteiger partial charge in [-0.3, -0.25) is 0 Å². The van der Waals surface area contributed by atoms with Gasteiger partial charge in [0.1, 0.15) is 11.6 Å². The predicted molar refractivity (Wildman–Crippen MR) is 145 cm³/mol. The van der Waals surface area contributed by atoms with Gasteiger partial charge in [-0.05, 0) is 89.1 Å². The molecule has 0 unspecified atom stereocenters. The van der Waals surface area contributed by atoms with E-state index in [4.69, 9.17) is 16.6 Å². The first kappa shape index (κ1) is 23.3. The van der Waals surface area contributed by atoms with Crippen LogP contribution in [0, 0.1) is 17.6 Å². The Bertz CT molecular complexity index is 1440. The maximum absolute atomic E-state index is 13.9. The lowest BCUT2D eigenvalue weighted by atomic mass is 9.78. The van der Waals surface area contributed by atoms with Crippen molar-refractivity contribution >= 4 is 40.3 Å². The van der Waals surface area contributed by atoms with Crippen LogP contribution in [0.15, 0.2) is 100 Å². The Morgan fingerprint density at radius 3 is 2.28 bits per heavy atom. The molecule has 0 fully saturated rings. The molecule has 180 valence electrons. The molecule has 6 heteroatoms. The molecule has 6 rings (SSSR count). The zero-order valence-corrected chi connectivity index (χ0v) is 21.2. The first-order chi connectivity index (χ1) is 17.5. The molecule has 0 aromatic heterocycles. The summed E-state index contributed by atoms with van der Waals surface area (Å²) in [5.74, 6) is -0.0914. The summed E-state index contributed by atoms with van der Waals surface area (Å²) < 4.78 is 27.4. The van der Waals surface area contributed by atoms with Gasteiger partial charge in [-0.25, -0.2) is 13.8 Å². The molecule has 0 amide bonds. The molecule has 0 saturated heterocycles. The smallest absolute Gasteiger partial charge is 0.174 e. The standard InChI is InChI=1S/C30H23ClF2N2S/c1-18-14-22(16-19-2-10-24(32)11-3-19)28-26(15-18)29(21-6-12-25(33)13-7-21)35-27(17-36-30(35)34-28)20-4-8-23(31)9-5-20/h2-13,16-18,29H,14-15H2,1H3/b22-16+/t18-,29+/m0/s1. The molecule has 3 aliphatic rings. The van der Waals surface area contributed by atoms with E-state index in [1.165, 1.54) is 29.8 Å². The summed E-state index contributed by atoms with van der Waals surface area (Å²) in [6.07, 6.45) is 3.91. The molecule has 2 atom stereocenters. The van der Waals surface area contributed by atoms with Crippen molar-refractivity contribution in [3.8, 4) is 0 Å². The van der Waals surface area contributed by atoms with Crippen molar-refractivity contribution in [2.24, 2.45) is 10.9 Å². The van der Waals surface area contributed by atoms with Crippen LogP contribution in [0.1, 0.15) is 42.5 Å². The van der Waals surface area contributed by atoms with Crippen molar-refractivity contribution in [3.63, 3.8) is 0 Å². The highest BCUT2D eigenvalue weighted by atomic mass is 35.5. The molecule has 3 aromatic carbocycles. The zero-order chi connectivity index (χ0) is 24.8. The quantitative estimate of drug-likeness (QED) is 0.345. The molecule has 0 radical (unpaired) electrons. The number of aliphatic imine (C=N–C) groups is 1. The van der Waals surface area contributed by atoms with E-state index in [2.05, 4.69) is 23.3 Å². The van der Waals surface area contributed by atoms with Gasteiger partial charge in [0.05, 0.1) is 17.4 Å². The van der Waals surface area contributed by atoms with Crippen LogP contribution in [-0.2, 0) is 0 Å². The van der Waals surface area contributed by atoms with Crippen molar-refractivity contribution in [3.05, 3.63) is 128 Å². The maximum Gasteiger partial charge on any atom is 0.174 e. The molecule has 2 heterocycles. The number of thioether (sulfide) groups is 1. The average Bonchev–Trinajstić information content (AvgIpc) is 3.29. The Morgan fingerprint density at radius 2 is 1.58 bits per heavy atom. The topological polar surface area (TPSA) is 15.6 Å². The van der Waals surface area contributed by atoms with E-state index in [1.54, 1.807) is 23.9 Å². The third-order valence-electron chi connectivity index (χ3n) is 6.82. The first-order valence-corrected chi connectivity index (χ1v) is 13.2. The van der Waals surface area contributed by atoms with Gasteiger partial charge in [0.25, 0.3) is 0 Å². The van der Waals surface area contributed by atoms with Crippen LogP contribution in [0.3, 0.4) is 0 Å². The maximum atomic E-state index is 13.9. The van der Waals surface area contributed by atoms with Gasteiger partial charge in [0.15, 0.2) is 5.17 Å². The summed E-state index contributed by atoms with van der Waals surface area (Å²) in [4.78, 5) is 7.44. The highest BCUT2D eigenvalue weighted by Crippen LogP contribution is 2.52. The number of benzene rings is 3. The number of hydrogen-bond donors (Lipinski definition) is 0. The number of halogens is 3. The van der Waals surface area contributed by atoms with Gasteiger partial charge < -0.3 is 4.90 Å². The lowest BCUT2D eigenvalue weighted by molar-refractivity contribution is 0.425. The van der Waals surface area contributed by atoms with Gasteiger partial charge in [-0.1, -0.05) is 66.7 Å². The monoisotopic (exact) mass is 516 g/mol. The van der Waals surface area contributed by atoms with Crippen LogP contribution in [0.4, 0.5) is 8.78 Å². The van der Waals surface area contributed by atoms with Crippen molar-refractivity contribution in [1.82, 2.24) is 4.90 Å². The van der Waals surface area contributed by atoms with Crippen molar-refractivity contribution in [1.29, 1.82) is 0 Å². The Labute approximate surface area is 218 Å². The van der Waals surface area contributed by atoms with E-state index in [9.17, 15) is 8.78 Å². The van der Waals surface area contributed by atoms with Crippen LogP contribution in [0.2, 0.25) is 5.02 Å². The second kappa shape index (κ2) is 9.38. The number of fused-ring (bicyclic) bond motifs is 1. The molecule has 2 aliphatic heterocycles. The van der Waals surface area contributed by atoms with Gasteiger partial charge in [0.2, 0.25) is 0 Å². The lowest BCUT2D eigenvalue weighted by Crippen LogP contribution is -2.35. The third kappa shape index (κ3) is 4.31. The summed E-state index contributed by atoms with van der Waals surface area (Å²) in [6, 6.07) is 21.1. The van der Waals surface area contributed by atoms with Crippen LogP contribution < -0.4 is 0 Å². The van der Waals surface area contributed by atoms with Crippen LogP contribution in [0.25, 0.3) is 11.8 Å². The van der Waals surface area contributed by atoms with E-state index in [0.29, 0.717) is 10.9 Å². The Hall–Kier alpha value is -3.15. The largest absolute Gasteiger partial charge is 0.308 e. The highest BCUT2D eigenvalue weighted by Gasteiger charge is 2.41. The fourth-order valence-corrected chi connectivity index (χ4v) is 6.28. The minimum Gasteiger partial charge on any atom is -0.308 e. The second-order valence-corrected chi connectivity index (χ2v) is 10.7. The molecular weight excluding hydrogens is 494 g/mol.